The zero-order valence-corrected chi connectivity index (χ0v) is 15.0. The molecule has 1 amide bonds. The van der Waals surface area contributed by atoms with Crippen molar-refractivity contribution in [2.45, 2.75) is 18.9 Å². The lowest BCUT2D eigenvalue weighted by Gasteiger charge is -2.19. The molecule has 0 spiro atoms. The Morgan fingerprint density at radius 2 is 1.96 bits per heavy atom. The van der Waals surface area contributed by atoms with E-state index in [1.165, 1.54) is 0 Å². The monoisotopic (exact) mass is 393 g/mol. The van der Waals surface area contributed by atoms with Crippen molar-refractivity contribution < 1.29 is 9.53 Å². The van der Waals surface area contributed by atoms with Gasteiger partial charge in [0.15, 0.2) is 0 Å². The average Bonchev–Trinajstić information content (AvgIpc) is 3.38. The second kappa shape index (κ2) is 6.93. The Labute approximate surface area is 149 Å². The van der Waals surface area contributed by atoms with Crippen LogP contribution < -0.4 is 10.1 Å². The van der Waals surface area contributed by atoms with E-state index in [0.717, 1.165) is 22.9 Å². The highest BCUT2D eigenvalue weighted by atomic mass is 79.9. The van der Waals surface area contributed by atoms with Crippen LogP contribution in [0.4, 0.5) is 0 Å². The van der Waals surface area contributed by atoms with Gasteiger partial charge in [-0.15, -0.1) is 0 Å². The van der Waals surface area contributed by atoms with Crippen LogP contribution in [0.1, 0.15) is 34.8 Å². The van der Waals surface area contributed by atoms with Crippen molar-refractivity contribution in [3.8, 4) is 5.75 Å². The van der Waals surface area contributed by atoms with E-state index >= 15 is 0 Å². The number of methoxy groups -OCH3 is 1. The van der Waals surface area contributed by atoms with Crippen LogP contribution in [-0.2, 0) is 0 Å². The summed E-state index contributed by atoms with van der Waals surface area (Å²) in [6.45, 7) is 0. The van der Waals surface area contributed by atoms with Crippen molar-refractivity contribution in [3.63, 3.8) is 0 Å². The van der Waals surface area contributed by atoms with Gasteiger partial charge in [0.2, 0.25) is 0 Å². The summed E-state index contributed by atoms with van der Waals surface area (Å²) in [6.07, 6.45) is 2.26. The van der Waals surface area contributed by atoms with Gasteiger partial charge in [0, 0.05) is 9.50 Å². The van der Waals surface area contributed by atoms with Crippen LogP contribution in [0.2, 0.25) is 5.02 Å². The maximum Gasteiger partial charge on any atom is 0.253 e. The molecule has 120 valence electrons. The molecule has 1 N–H and O–H groups in total. The van der Waals surface area contributed by atoms with Crippen LogP contribution >= 0.6 is 27.5 Å². The lowest BCUT2D eigenvalue weighted by Crippen LogP contribution is -2.30. The molecule has 2 aromatic rings. The normalized spacial score (nSPS) is 15.1. The van der Waals surface area contributed by atoms with Crippen molar-refractivity contribution in [2.75, 3.05) is 7.11 Å². The van der Waals surface area contributed by atoms with Crippen LogP contribution in [0, 0.1) is 5.92 Å². The molecule has 0 heterocycles. The molecule has 0 unspecified atom stereocenters. The number of halogens is 2. The standard InChI is InChI=1S/C18H17BrClNO2/c1-23-14-8-9-16(19)15(10-14)18(22)21-17(11-2-3-11)12-4-6-13(20)7-5-12/h4-11,17H,2-3H2,1H3,(H,21,22)/t17-/m1/s1. The highest BCUT2D eigenvalue weighted by Gasteiger charge is 2.33. The predicted molar refractivity (Wildman–Crippen MR) is 95.1 cm³/mol. The number of hydrogen-bond acceptors (Lipinski definition) is 2. The second-order valence-electron chi connectivity index (χ2n) is 5.69. The second-order valence-corrected chi connectivity index (χ2v) is 6.98. The molecular weight excluding hydrogens is 378 g/mol. The summed E-state index contributed by atoms with van der Waals surface area (Å²) in [5, 5.41) is 3.85. The minimum Gasteiger partial charge on any atom is -0.497 e. The van der Waals surface area contributed by atoms with Crippen molar-refractivity contribution in [3.05, 3.63) is 63.1 Å². The number of amides is 1. The number of rotatable bonds is 5. The Kier molecular flexibility index (Phi) is 4.93. The van der Waals surface area contributed by atoms with Gasteiger partial charge in [-0.3, -0.25) is 4.79 Å². The van der Waals surface area contributed by atoms with Gasteiger partial charge in [0.05, 0.1) is 18.7 Å². The smallest absolute Gasteiger partial charge is 0.253 e. The number of carbonyl (C=O) groups excluding carboxylic acids is 1. The lowest BCUT2D eigenvalue weighted by molar-refractivity contribution is 0.0930. The molecule has 1 aliphatic carbocycles. The van der Waals surface area contributed by atoms with Crippen LogP contribution in [0.15, 0.2) is 46.9 Å². The molecule has 0 aliphatic heterocycles. The summed E-state index contributed by atoms with van der Waals surface area (Å²) < 4.78 is 5.96. The first-order valence-electron chi connectivity index (χ1n) is 7.48. The van der Waals surface area contributed by atoms with E-state index in [2.05, 4.69) is 21.2 Å². The van der Waals surface area contributed by atoms with Crippen molar-refractivity contribution in [1.82, 2.24) is 5.32 Å². The summed E-state index contributed by atoms with van der Waals surface area (Å²) in [5.74, 6) is 1.04. The first-order chi connectivity index (χ1) is 11.1. The van der Waals surface area contributed by atoms with Crippen molar-refractivity contribution in [2.24, 2.45) is 5.92 Å². The van der Waals surface area contributed by atoms with E-state index in [0.29, 0.717) is 22.3 Å². The van der Waals surface area contributed by atoms with E-state index in [-0.39, 0.29) is 11.9 Å². The molecule has 23 heavy (non-hydrogen) atoms. The Bertz CT molecular complexity index is 713. The number of ether oxygens (including phenoxy) is 1. The summed E-state index contributed by atoms with van der Waals surface area (Å²) in [5.41, 5.74) is 1.66. The van der Waals surface area contributed by atoms with Crippen LogP contribution in [0.5, 0.6) is 5.75 Å². The van der Waals surface area contributed by atoms with Crippen LogP contribution in [0.3, 0.4) is 0 Å². The molecule has 3 rings (SSSR count). The molecular formula is C18H17BrClNO2. The van der Waals surface area contributed by atoms with E-state index in [1.807, 2.05) is 36.4 Å². The topological polar surface area (TPSA) is 38.3 Å². The Balaban J connectivity index is 1.83. The maximum absolute atomic E-state index is 12.7. The third-order valence-corrected chi connectivity index (χ3v) is 4.97. The summed E-state index contributed by atoms with van der Waals surface area (Å²) >= 11 is 9.39. The number of benzene rings is 2. The summed E-state index contributed by atoms with van der Waals surface area (Å²) in [4.78, 5) is 12.7. The molecule has 0 radical (unpaired) electrons. The zero-order valence-electron chi connectivity index (χ0n) is 12.7. The average molecular weight is 395 g/mol. The van der Waals surface area contributed by atoms with Crippen molar-refractivity contribution in [1.29, 1.82) is 0 Å². The molecule has 1 fully saturated rings. The Morgan fingerprint density at radius 1 is 1.26 bits per heavy atom. The van der Waals surface area contributed by atoms with Gasteiger partial charge in [-0.1, -0.05) is 23.7 Å². The Morgan fingerprint density at radius 3 is 2.57 bits per heavy atom. The molecule has 1 aliphatic rings. The molecule has 0 bridgehead atoms. The minimum atomic E-state index is -0.109. The van der Waals surface area contributed by atoms with Crippen LogP contribution in [0.25, 0.3) is 0 Å². The molecule has 0 saturated heterocycles. The number of hydrogen-bond donors (Lipinski definition) is 1. The van der Waals surface area contributed by atoms with Crippen LogP contribution in [-0.4, -0.2) is 13.0 Å². The first kappa shape index (κ1) is 16.3. The quantitative estimate of drug-likeness (QED) is 0.775. The lowest BCUT2D eigenvalue weighted by atomic mass is 10.0. The van der Waals surface area contributed by atoms with Gasteiger partial charge in [-0.2, -0.15) is 0 Å². The fraction of sp³-hybridized carbons (Fsp3) is 0.278. The van der Waals surface area contributed by atoms with Gasteiger partial charge < -0.3 is 10.1 Å². The maximum atomic E-state index is 12.7. The number of carbonyl (C=O) groups is 1. The van der Waals surface area contributed by atoms with Gasteiger partial charge >= 0.3 is 0 Å². The summed E-state index contributed by atoms with van der Waals surface area (Å²) in [7, 11) is 1.59. The minimum absolute atomic E-state index is 0.0119. The highest BCUT2D eigenvalue weighted by Crippen LogP contribution is 2.41. The zero-order chi connectivity index (χ0) is 16.4. The van der Waals surface area contributed by atoms with Gasteiger partial charge in [0.1, 0.15) is 5.75 Å². The van der Waals surface area contributed by atoms with Crippen molar-refractivity contribution >= 4 is 33.4 Å². The predicted octanol–water partition coefficient (Wildman–Crippen LogP) is 4.99. The van der Waals surface area contributed by atoms with Gasteiger partial charge in [-0.05, 0) is 70.6 Å². The van der Waals surface area contributed by atoms with Gasteiger partial charge in [0.25, 0.3) is 5.91 Å². The van der Waals surface area contributed by atoms with E-state index in [1.54, 1.807) is 13.2 Å². The molecule has 3 nitrogen and oxygen atoms in total. The number of nitrogens with one attached hydrogen (secondary N) is 1. The third kappa shape index (κ3) is 3.88. The molecule has 0 aromatic heterocycles. The van der Waals surface area contributed by atoms with E-state index < -0.39 is 0 Å². The molecule has 1 atom stereocenters. The van der Waals surface area contributed by atoms with Gasteiger partial charge in [-0.25, -0.2) is 0 Å². The SMILES string of the molecule is COc1ccc(Br)c(C(=O)N[C@@H](c2ccc(Cl)cc2)C2CC2)c1. The van der Waals surface area contributed by atoms with E-state index in [4.69, 9.17) is 16.3 Å². The third-order valence-electron chi connectivity index (χ3n) is 4.03. The molecule has 1 saturated carbocycles. The fourth-order valence-corrected chi connectivity index (χ4v) is 3.15. The summed E-state index contributed by atoms with van der Waals surface area (Å²) in [6, 6.07) is 13.1. The molecule has 2 aromatic carbocycles. The highest BCUT2D eigenvalue weighted by molar-refractivity contribution is 9.10. The van der Waals surface area contributed by atoms with E-state index in [9.17, 15) is 4.79 Å². The fourth-order valence-electron chi connectivity index (χ4n) is 2.60. The largest absolute Gasteiger partial charge is 0.497 e. The molecule has 5 heteroatoms. The first-order valence-corrected chi connectivity index (χ1v) is 8.65. The Hall–Kier alpha value is -1.52.